The molecule has 0 aliphatic carbocycles. The van der Waals surface area contributed by atoms with E-state index in [2.05, 4.69) is 26.2 Å². The van der Waals surface area contributed by atoms with Crippen molar-refractivity contribution in [1.82, 2.24) is 9.82 Å². The summed E-state index contributed by atoms with van der Waals surface area (Å²) in [6.07, 6.45) is 1.49. The first-order chi connectivity index (χ1) is 15.0. The minimum absolute atomic E-state index is 0.0620. The molecule has 0 saturated heterocycles. The van der Waals surface area contributed by atoms with Gasteiger partial charge in [0.15, 0.2) is 9.84 Å². The van der Waals surface area contributed by atoms with Crippen LogP contribution in [0, 0.1) is 17.1 Å². The van der Waals surface area contributed by atoms with Gasteiger partial charge < -0.3 is 5.32 Å². The fraction of sp³-hybridized carbons (Fsp3) is 0.286. The van der Waals surface area contributed by atoms with Crippen molar-refractivity contribution in [3.8, 4) is 6.07 Å². The molecule has 7 nitrogen and oxygen atoms in total. The molecule has 3 aromatic rings. The van der Waals surface area contributed by atoms with Crippen molar-refractivity contribution in [3.05, 3.63) is 52.8 Å². The number of hydrogen-bond donors (Lipinski definition) is 2. The molecule has 32 heavy (non-hydrogen) atoms. The molecule has 1 unspecified atom stereocenters. The molecular weight excluding hydrogens is 473 g/mol. The zero-order valence-electron chi connectivity index (χ0n) is 17.4. The summed E-state index contributed by atoms with van der Waals surface area (Å²) >= 11 is 7.20. The third kappa shape index (κ3) is 3.60. The van der Waals surface area contributed by atoms with Crippen LogP contribution in [0.1, 0.15) is 31.9 Å². The number of halogens is 2. The standard InChI is InChI=1S/C21H19ClFN5O2S2/c1-20(2)19(28-22)27-21(3,11-32(20,29)30)14-7-13(4-5-15(14)23)26-16-10-31-17-6-12(8-24)9-25-18(16)17/h4-7,9-10,26H,11H2,1-3H3,(H,27,28). The van der Waals surface area contributed by atoms with Crippen LogP contribution >= 0.6 is 23.1 Å². The third-order valence-electron chi connectivity index (χ3n) is 5.63. The number of nitrogens with one attached hydrogen (secondary N) is 2. The van der Waals surface area contributed by atoms with Gasteiger partial charge in [-0.1, -0.05) is 0 Å². The van der Waals surface area contributed by atoms with Gasteiger partial charge in [-0.25, -0.2) is 12.8 Å². The summed E-state index contributed by atoms with van der Waals surface area (Å²) in [6, 6.07) is 8.18. The van der Waals surface area contributed by atoms with E-state index in [1.165, 1.54) is 37.4 Å². The van der Waals surface area contributed by atoms with Gasteiger partial charge in [-0.05, 0) is 45.0 Å². The van der Waals surface area contributed by atoms with E-state index in [-0.39, 0.29) is 17.2 Å². The minimum Gasteiger partial charge on any atom is -0.353 e. The minimum atomic E-state index is -3.69. The zero-order chi connectivity index (χ0) is 23.3. The molecule has 2 N–H and O–H groups in total. The predicted molar refractivity (Wildman–Crippen MR) is 126 cm³/mol. The number of aromatic nitrogens is 1. The highest BCUT2D eigenvalue weighted by Gasteiger charge is 2.50. The smallest absolute Gasteiger partial charge is 0.165 e. The Labute approximate surface area is 194 Å². The number of aliphatic imine (C=N–C) groups is 1. The van der Waals surface area contributed by atoms with Gasteiger partial charge in [0.2, 0.25) is 0 Å². The van der Waals surface area contributed by atoms with Gasteiger partial charge in [-0.3, -0.25) is 14.8 Å². The zero-order valence-corrected chi connectivity index (χ0v) is 19.8. The number of amidine groups is 1. The van der Waals surface area contributed by atoms with Crippen LogP contribution in [0.3, 0.4) is 0 Å². The van der Waals surface area contributed by atoms with Crippen LogP contribution in [0.4, 0.5) is 15.8 Å². The van der Waals surface area contributed by atoms with Crippen molar-refractivity contribution in [3.63, 3.8) is 0 Å². The number of thiophene rings is 1. The SMILES string of the molecule is CC1(c2cc(Nc3csc4cc(C#N)cnc34)ccc2F)CS(=O)(=O)C(C)(C)C(NCl)=N1. The summed E-state index contributed by atoms with van der Waals surface area (Å²) < 4.78 is 40.4. The molecule has 1 aliphatic heterocycles. The van der Waals surface area contributed by atoms with Gasteiger partial charge in [0.05, 0.1) is 21.7 Å². The van der Waals surface area contributed by atoms with E-state index in [1.807, 2.05) is 5.38 Å². The molecule has 4 rings (SSSR count). The molecule has 0 bridgehead atoms. The maximum absolute atomic E-state index is 14.9. The van der Waals surface area contributed by atoms with E-state index < -0.39 is 25.9 Å². The largest absolute Gasteiger partial charge is 0.353 e. The number of benzene rings is 1. The third-order valence-corrected chi connectivity index (χ3v) is 9.42. The van der Waals surface area contributed by atoms with Crippen molar-refractivity contribution >= 4 is 60.4 Å². The summed E-state index contributed by atoms with van der Waals surface area (Å²) in [7, 11) is -3.69. The second kappa shape index (κ2) is 7.69. The Hall–Kier alpha value is -2.74. The average Bonchev–Trinajstić information content (AvgIpc) is 3.13. The molecule has 2 aromatic heterocycles. The summed E-state index contributed by atoms with van der Waals surface area (Å²) in [5, 5.41) is 14.1. The van der Waals surface area contributed by atoms with Crippen molar-refractivity contribution in [2.24, 2.45) is 4.99 Å². The first-order valence-corrected chi connectivity index (χ1v) is 12.5. The molecule has 0 amide bonds. The lowest BCUT2D eigenvalue weighted by Gasteiger charge is -2.38. The summed E-state index contributed by atoms with van der Waals surface area (Å²) in [6.45, 7) is 4.59. The Morgan fingerprint density at radius 1 is 1.28 bits per heavy atom. The Morgan fingerprint density at radius 2 is 2.03 bits per heavy atom. The van der Waals surface area contributed by atoms with Gasteiger partial charge in [0.1, 0.15) is 33.5 Å². The lowest BCUT2D eigenvalue weighted by Crippen LogP contribution is -2.54. The van der Waals surface area contributed by atoms with E-state index >= 15 is 0 Å². The van der Waals surface area contributed by atoms with Crippen LogP contribution in [-0.4, -0.2) is 29.7 Å². The molecule has 1 aromatic carbocycles. The molecule has 0 fully saturated rings. The number of nitriles is 1. The van der Waals surface area contributed by atoms with Crippen LogP contribution in [0.2, 0.25) is 0 Å². The summed E-state index contributed by atoms with van der Waals surface area (Å²) in [5.74, 6) is -0.875. The quantitative estimate of drug-likeness (QED) is 0.518. The fourth-order valence-electron chi connectivity index (χ4n) is 3.62. The number of hydrogen-bond acceptors (Lipinski definition) is 8. The number of anilines is 2. The highest BCUT2D eigenvalue weighted by molar-refractivity contribution is 7.93. The van der Waals surface area contributed by atoms with Gasteiger partial charge >= 0.3 is 0 Å². The van der Waals surface area contributed by atoms with Crippen molar-refractivity contribution < 1.29 is 12.8 Å². The highest BCUT2D eigenvalue weighted by atomic mass is 35.5. The molecule has 3 heterocycles. The highest BCUT2D eigenvalue weighted by Crippen LogP contribution is 2.40. The molecule has 0 radical (unpaired) electrons. The van der Waals surface area contributed by atoms with Gasteiger partial charge in [0, 0.05) is 34.6 Å². The van der Waals surface area contributed by atoms with E-state index in [1.54, 1.807) is 25.1 Å². The molecule has 11 heteroatoms. The number of pyridine rings is 1. The van der Waals surface area contributed by atoms with Crippen LogP contribution in [0.25, 0.3) is 10.2 Å². The normalized spacial score (nSPS) is 21.6. The van der Waals surface area contributed by atoms with Crippen molar-refractivity contribution in [1.29, 1.82) is 5.26 Å². The molecular formula is C21H19ClFN5O2S2. The lowest BCUT2D eigenvalue weighted by molar-refractivity contribution is 0.475. The van der Waals surface area contributed by atoms with E-state index in [9.17, 15) is 12.8 Å². The Bertz CT molecular complexity index is 1410. The number of fused-ring (bicyclic) bond motifs is 1. The number of nitrogens with zero attached hydrogens (tertiary/aromatic N) is 3. The maximum atomic E-state index is 14.9. The molecule has 0 saturated carbocycles. The average molecular weight is 492 g/mol. The van der Waals surface area contributed by atoms with E-state index in [0.29, 0.717) is 22.5 Å². The van der Waals surface area contributed by atoms with E-state index in [4.69, 9.17) is 17.0 Å². The summed E-state index contributed by atoms with van der Waals surface area (Å²) in [5.41, 5.74) is 1.15. The fourth-order valence-corrected chi connectivity index (χ4v) is 6.55. The number of sulfone groups is 1. The second-order valence-corrected chi connectivity index (χ2v) is 11.9. The Kier molecular flexibility index (Phi) is 5.40. The maximum Gasteiger partial charge on any atom is 0.165 e. The van der Waals surface area contributed by atoms with Crippen LogP contribution in [-0.2, 0) is 15.4 Å². The summed E-state index contributed by atoms with van der Waals surface area (Å²) in [4.78, 5) is 11.2. The van der Waals surface area contributed by atoms with Gasteiger partial charge in [-0.2, -0.15) is 5.26 Å². The number of rotatable bonds is 3. The van der Waals surface area contributed by atoms with Crippen molar-refractivity contribution in [2.45, 2.75) is 31.1 Å². The van der Waals surface area contributed by atoms with Crippen LogP contribution in [0.15, 0.2) is 40.8 Å². The lowest BCUT2D eigenvalue weighted by atomic mass is 9.92. The van der Waals surface area contributed by atoms with Gasteiger partial charge in [-0.15, -0.1) is 11.3 Å². The van der Waals surface area contributed by atoms with Crippen LogP contribution in [0.5, 0.6) is 0 Å². The van der Waals surface area contributed by atoms with Gasteiger partial charge in [0.25, 0.3) is 0 Å². The van der Waals surface area contributed by atoms with Crippen LogP contribution < -0.4 is 10.2 Å². The second-order valence-electron chi connectivity index (χ2n) is 8.25. The molecule has 166 valence electrons. The first kappa shape index (κ1) is 22.5. The predicted octanol–water partition coefficient (Wildman–Crippen LogP) is 4.61. The first-order valence-electron chi connectivity index (χ1n) is 9.54. The molecule has 1 atom stereocenters. The monoisotopic (exact) mass is 491 g/mol. The topological polar surface area (TPSA) is 107 Å². The van der Waals surface area contributed by atoms with E-state index in [0.717, 1.165) is 4.70 Å². The molecule has 1 aliphatic rings. The Morgan fingerprint density at radius 3 is 2.72 bits per heavy atom. The van der Waals surface area contributed by atoms with Crippen molar-refractivity contribution in [2.75, 3.05) is 11.1 Å². The Balaban J connectivity index is 1.76. The molecule has 0 spiro atoms.